The summed E-state index contributed by atoms with van der Waals surface area (Å²) >= 11 is 1.63. The summed E-state index contributed by atoms with van der Waals surface area (Å²) in [7, 11) is 0. The van der Waals surface area contributed by atoms with Gasteiger partial charge in [-0.05, 0) is 20.3 Å². The van der Waals surface area contributed by atoms with Gasteiger partial charge in [0.15, 0.2) is 11.6 Å². The highest BCUT2D eigenvalue weighted by Crippen LogP contribution is 2.24. The largest absolute Gasteiger partial charge is 0.359 e. The average Bonchev–Trinajstić information content (AvgIpc) is 2.92. The van der Waals surface area contributed by atoms with Crippen molar-refractivity contribution in [3.63, 3.8) is 0 Å². The molecule has 1 unspecified atom stereocenters. The third-order valence-electron chi connectivity index (χ3n) is 2.72. The summed E-state index contributed by atoms with van der Waals surface area (Å²) in [6, 6.07) is -0.0980. The molecule has 108 valence electrons. The van der Waals surface area contributed by atoms with Crippen LogP contribution in [0.4, 0.5) is 16.2 Å². The number of aromatic nitrogens is 3. The van der Waals surface area contributed by atoms with Crippen LogP contribution in [-0.4, -0.2) is 21.5 Å². The Morgan fingerprint density at radius 1 is 1.30 bits per heavy atom. The quantitative estimate of drug-likeness (QED) is 0.856. The SMILES string of the molecule is CCNc1ncc(F)c(NC(C)c2ncc(CC)s2)n1. The lowest BCUT2D eigenvalue weighted by Gasteiger charge is -2.13. The van der Waals surface area contributed by atoms with Gasteiger partial charge in [-0.2, -0.15) is 4.98 Å². The van der Waals surface area contributed by atoms with Gasteiger partial charge in [0.2, 0.25) is 5.95 Å². The second-order valence-corrected chi connectivity index (χ2v) is 5.45. The van der Waals surface area contributed by atoms with Crippen LogP contribution < -0.4 is 10.6 Å². The van der Waals surface area contributed by atoms with Crippen molar-refractivity contribution in [1.82, 2.24) is 15.0 Å². The van der Waals surface area contributed by atoms with E-state index in [0.717, 1.165) is 11.4 Å². The number of hydrogen-bond acceptors (Lipinski definition) is 6. The van der Waals surface area contributed by atoms with Gasteiger partial charge in [-0.1, -0.05) is 6.92 Å². The number of nitrogens with one attached hydrogen (secondary N) is 2. The summed E-state index contributed by atoms with van der Waals surface area (Å²) in [4.78, 5) is 13.6. The molecule has 0 amide bonds. The van der Waals surface area contributed by atoms with E-state index < -0.39 is 5.82 Å². The molecule has 0 saturated carbocycles. The first-order valence-corrected chi connectivity index (χ1v) is 7.43. The van der Waals surface area contributed by atoms with Crippen LogP contribution >= 0.6 is 11.3 Å². The number of nitrogens with zero attached hydrogens (tertiary/aromatic N) is 3. The standard InChI is InChI=1S/C13H18FN5S/c1-4-9-6-16-12(20-9)8(3)18-11-10(14)7-17-13(19-11)15-5-2/h6-8H,4-5H2,1-3H3,(H2,15,17,18,19). The van der Waals surface area contributed by atoms with E-state index in [4.69, 9.17) is 0 Å². The lowest BCUT2D eigenvalue weighted by atomic mass is 10.3. The molecule has 0 radical (unpaired) electrons. The summed E-state index contributed by atoms with van der Waals surface area (Å²) in [6.07, 6.45) is 3.98. The predicted molar refractivity (Wildman–Crippen MR) is 79.7 cm³/mol. The predicted octanol–water partition coefficient (Wildman–Crippen LogP) is 3.24. The number of thiazole rings is 1. The summed E-state index contributed by atoms with van der Waals surface area (Å²) in [5.74, 6) is 0.138. The van der Waals surface area contributed by atoms with Gasteiger partial charge < -0.3 is 10.6 Å². The topological polar surface area (TPSA) is 62.7 Å². The molecule has 20 heavy (non-hydrogen) atoms. The van der Waals surface area contributed by atoms with E-state index in [9.17, 15) is 4.39 Å². The van der Waals surface area contributed by atoms with E-state index >= 15 is 0 Å². The monoisotopic (exact) mass is 295 g/mol. The number of aryl methyl sites for hydroxylation is 1. The van der Waals surface area contributed by atoms with Crippen molar-refractivity contribution in [2.75, 3.05) is 17.2 Å². The lowest BCUT2D eigenvalue weighted by Crippen LogP contribution is -2.11. The molecular formula is C13H18FN5S. The van der Waals surface area contributed by atoms with E-state index in [-0.39, 0.29) is 11.9 Å². The fourth-order valence-electron chi connectivity index (χ4n) is 1.66. The van der Waals surface area contributed by atoms with Crippen molar-refractivity contribution in [2.45, 2.75) is 33.2 Å². The van der Waals surface area contributed by atoms with Crippen molar-refractivity contribution >= 4 is 23.1 Å². The number of hydrogen-bond donors (Lipinski definition) is 2. The van der Waals surface area contributed by atoms with Gasteiger partial charge in [-0.3, -0.25) is 0 Å². The minimum atomic E-state index is -0.467. The van der Waals surface area contributed by atoms with Gasteiger partial charge in [0.05, 0.1) is 12.2 Å². The Labute approximate surface area is 121 Å². The van der Waals surface area contributed by atoms with Crippen LogP contribution in [0.15, 0.2) is 12.4 Å². The first-order chi connectivity index (χ1) is 9.63. The minimum absolute atomic E-state index is 0.0980. The molecule has 2 aromatic rings. The number of anilines is 2. The molecule has 0 spiro atoms. The zero-order valence-corrected chi connectivity index (χ0v) is 12.6. The van der Waals surface area contributed by atoms with Crippen LogP contribution in [0.3, 0.4) is 0 Å². The van der Waals surface area contributed by atoms with Crippen molar-refractivity contribution in [1.29, 1.82) is 0 Å². The van der Waals surface area contributed by atoms with E-state index in [1.54, 1.807) is 11.3 Å². The third kappa shape index (κ3) is 3.41. The molecule has 0 aromatic carbocycles. The maximum absolute atomic E-state index is 13.7. The average molecular weight is 295 g/mol. The highest BCUT2D eigenvalue weighted by molar-refractivity contribution is 7.11. The van der Waals surface area contributed by atoms with Crippen molar-refractivity contribution in [3.8, 4) is 0 Å². The van der Waals surface area contributed by atoms with Gasteiger partial charge in [-0.25, -0.2) is 14.4 Å². The Bertz CT molecular complexity index is 572. The smallest absolute Gasteiger partial charge is 0.224 e. The molecule has 2 N–H and O–H groups in total. The highest BCUT2D eigenvalue weighted by Gasteiger charge is 2.14. The van der Waals surface area contributed by atoms with Gasteiger partial charge in [0, 0.05) is 17.6 Å². The summed E-state index contributed by atoms with van der Waals surface area (Å²) in [6.45, 7) is 6.65. The summed E-state index contributed by atoms with van der Waals surface area (Å²) < 4.78 is 13.7. The van der Waals surface area contributed by atoms with Crippen LogP contribution in [0.25, 0.3) is 0 Å². The molecular weight excluding hydrogens is 277 g/mol. The fourth-order valence-corrected chi connectivity index (χ4v) is 2.52. The normalized spacial score (nSPS) is 12.2. The van der Waals surface area contributed by atoms with Crippen molar-refractivity contribution in [3.05, 3.63) is 28.1 Å². The molecule has 0 saturated heterocycles. The van der Waals surface area contributed by atoms with Crippen molar-refractivity contribution in [2.24, 2.45) is 0 Å². The lowest BCUT2D eigenvalue weighted by molar-refractivity contribution is 0.614. The van der Waals surface area contributed by atoms with E-state index in [2.05, 4.69) is 32.5 Å². The molecule has 2 rings (SSSR count). The molecule has 7 heteroatoms. The molecule has 0 aliphatic heterocycles. The molecule has 0 bridgehead atoms. The number of halogens is 1. The van der Waals surface area contributed by atoms with Crippen LogP contribution in [0.2, 0.25) is 0 Å². The summed E-state index contributed by atoms with van der Waals surface area (Å²) in [5.41, 5.74) is 0. The van der Waals surface area contributed by atoms with Crippen LogP contribution in [0, 0.1) is 5.82 Å². The van der Waals surface area contributed by atoms with Gasteiger partial charge in [0.25, 0.3) is 0 Å². The van der Waals surface area contributed by atoms with E-state index in [1.807, 2.05) is 20.0 Å². The zero-order valence-electron chi connectivity index (χ0n) is 11.8. The Balaban J connectivity index is 2.13. The second-order valence-electron chi connectivity index (χ2n) is 4.30. The molecule has 0 aliphatic carbocycles. The molecule has 1 atom stereocenters. The maximum atomic E-state index is 13.7. The Morgan fingerprint density at radius 3 is 2.75 bits per heavy atom. The maximum Gasteiger partial charge on any atom is 0.224 e. The molecule has 2 heterocycles. The first kappa shape index (κ1) is 14.6. The zero-order chi connectivity index (χ0) is 14.5. The molecule has 2 aromatic heterocycles. The van der Waals surface area contributed by atoms with Gasteiger partial charge >= 0.3 is 0 Å². The van der Waals surface area contributed by atoms with Crippen molar-refractivity contribution < 1.29 is 4.39 Å². The second kappa shape index (κ2) is 6.60. The molecule has 0 fully saturated rings. The van der Waals surface area contributed by atoms with E-state index in [0.29, 0.717) is 12.5 Å². The minimum Gasteiger partial charge on any atom is -0.359 e. The Kier molecular flexibility index (Phi) is 4.84. The Hall–Kier alpha value is -1.76. The Morgan fingerprint density at radius 2 is 2.10 bits per heavy atom. The summed E-state index contributed by atoms with van der Waals surface area (Å²) in [5, 5.41) is 6.93. The van der Waals surface area contributed by atoms with Gasteiger partial charge in [-0.15, -0.1) is 11.3 Å². The third-order valence-corrected chi connectivity index (χ3v) is 4.05. The fraction of sp³-hybridized carbons (Fsp3) is 0.462. The van der Waals surface area contributed by atoms with Crippen LogP contribution in [0.5, 0.6) is 0 Å². The number of rotatable bonds is 6. The van der Waals surface area contributed by atoms with Gasteiger partial charge in [0.1, 0.15) is 5.01 Å². The molecule has 5 nitrogen and oxygen atoms in total. The molecule has 0 aliphatic rings. The highest BCUT2D eigenvalue weighted by atomic mass is 32.1. The van der Waals surface area contributed by atoms with E-state index in [1.165, 1.54) is 11.1 Å². The van der Waals surface area contributed by atoms with Crippen LogP contribution in [-0.2, 0) is 6.42 Å². The first-order valence-electron chi connectivity index (χ1n) is 6.61. The van der Waals surface area contributed by atoms with Crippen LogP contribution in [0.1, 0.15) is 36.7 Å².